The molecule has 1 aromatic rings. The van der Waals surface area contributed by atoms with Crippen LogP contribution in [0, 0.1) is 0 Å². The molecule has 0 aliphatic carbocycles. The summed E-state index contributed by atoms with van der Waals surface area (Å²) in [6.45, 7) is 1.97. The van der Waals surface area contributed by atoms with Gasteiger partial charge in [0.05, 0.1) is 12.9 Å². The number of amides is 1. The van der Waals surface area contributed by atoms with Crippen LogP contribution in [0.15, 0.2) is 11.3 Å². The number of anilines is 1. The average molecular weight is 385 g/mol. The second-order valence-electron chi connectivity index (χ2n) is 6.32. The highest BCUT2D eigenvalue weighted by molar-refractivity contribution is 6.11. The minimum atomic E-state index is -3.06. The van der Waals surface area contributed by atoms with Gasteiger partial charge in [0.15, 0.2) is 17.9 Å². The number of carbonyl (C=O) groups is 2. The molecule has 27 heavy (non-hydrogen) atoms. The Bertz CT molecular complexity index is 813. The summed E-state index contributed by atoms with van der Waals surface area (Å²) in [6, 6.07) is 0. The van der Waals surface area contributed by atoms with Crippen molar-refractivity contribution in [2.24, 2.45) is 10.7 Å². The second-order valence-corrected chi connectivity index (χ2v) is 6.32. The number of carbonyl (C=O) groups excluding carboxylic acids is 2. The van der Waals surface area contributed by atoms with Gasteiger partial charge in [0, 0.05) is 21.0 Å². The number of hydrogen-bond acceptors (Lipinski definition) is 9. The van der Waals surface area contributed by atoms with Gasteiger partial charge in [-0.05, 0) is 0 Å². The van der Waals surface area contributed by atoms with Crippen molar-refractivity contribution >= 4 is 23.3 Å². The van der Waals surface area contributed by atoms with Crippen molar-refractivity contribution in [1.29, 1.82) is 0 Å². The van der Waals surface area contributed by atoms with Crippen LogP contribution in [0.4, 0.5) is 10.2 Å². The fourth-order valence-electron chi connectivity index (χ4n) is 3.20. The first-order valence-corrected chi connectivity index (χ1v) is 8.07. The molecule has 3 unspecified atom stereocenters. The molecule has 3 rings (SSSR count). The molecule has 2 aliphatic heterocycles. The summed E-state index contributed by atoms with van der Waals surface area (Å²) in [5, 5.41) is 20.5. The maximum atomic E-state index is 15.3. The second kappa shape index (κ2) is 6.64. The molecule has 0 bridgehead atoms. The van der Waals surface area contributed by atoms with E-state index in [1.165, 1.54) is 7.11 Å². The highest BCUT2D eigenvalue weighted by Gasteiger charge is 2.53. The third-order valence-electron chi connectivity index (χ3n) is 4.49. The van der Waals surface area contributed by atoms with Gasteiger partial charge >= 0.3 is 5.92 Å². The minimum Gasteiger partial charge on any atom is -0.387 e. The Morgan fingerprint density at radius 1 is 1.41 bits per heavy atom. The smallest absolute Gasteiger partial charge is 0.346 e. The van der Waals surface area contributed by atoms with Gasteiger partial charge in [-0.2, -0.15) is 4.39 Å². The van der Waals surface area contributed by atoms with Crippen molar-refractivity contribution in [3.8, 4) is 0 Å². The number of aliphatic hydroxyl groups excluding tert-OH is 2. The molecule has 3 heterocycles. The van der Waals surface area contributed by atoms with Crippen molar-refractivity contribution < 1.29 is 33.7 Å². The summed E-state index contributed by atoms with van der Waals surface area (Å²) < 4.78 is 27.0. The molecule has 1 aromatic heterocycles. The number of aliphatic hydroxyl groups is 2. The summed E-state index contributed by atoms with van der Waals surface area (Å²) in [6.07, 6.45) is -3.65. The van der Waals surface area contributed by atoms with Crippen LogP contribution in [-0.4, -0.2) is 75.2 Å². The van der Waals surface area contributed by atoms with Crippen LogP contribution in [-0.2, 0) is 19.1 Å². The summed E-state index contributed by atoms with van der Waals surface area (Å²) in [4.78, 5) is 32.1. The molecular weight excluding hydrogens is 365 g/mol. The maximum Gasteiger partial charge on any atom is 0.346 e. The van der Waals surface area contributed by atoms with Crippen molar-refractivity contribution in [1.82, 2.24) is 9.55 Å². The fraction of sp³-hybridized carbons (Fsp3) is 0.600. The lowest BCUT2D eigenvalue weighted by Crippen LogP contribution is -2.56. The number of fused-ring (bicyclic) bond motifs is 1. The predicted octanol–water partition coefficient (Wildman–Crippen LogP) is -1.57. The number of ether oxygens (including phenoxy) is 2. The van der Waals surface area contributed by atoms with Gasteiger partial charge in [0.2, 0.25) is 11.7 Å². The lowest BCUT2D eigenvalue weighted by molar-refractivity contribution is -0.133. The predicted molar refractivity (Wildman–Crippen MR) is 88.4 cm³/mol. The summed E-state index contributed by atoms with van der Waals surface area (Å²) >= 11 is 0. The van der Waals surface area contributed by atoms with Crippen molar-refractivity contribution in [3.63, 3.8) is 0 Å². The normalized spacial score (nSPS) is 33.0. The summed E-state index contributed by atoms with van der Waals surface area (Å²) in [5.74, 6) is -5.56. The Morgan fingerprint density at radius 3 is 2.63 bits per heavy atom. The van der Waals surface area contributed by atoms with Crippen LogP contribution in [0.2, 0.25) is 0 Å². The quantitative estimate of drug-likeness (QED) is 0.526. The highest BCUT2D eigenvalue weighted by atomic mass is 19.2. The van der Waals surface area contributed by atoms with E-state index in [1.54, 1.807) is 0 Å². The monoisotopic (exact) mass is 385 g/mol. The molecule has 5 atom stereocenters. The van der Waals surface area contributed by atoms with E-state index in [9.17, 15) is 19.8 Å². The van der Waals surface area contributed by atoms with E-state index in [0.717, 1.165) is 24.7 Å². The van der Waals surface area contributed by atoms with Crippen LogP contribution in [0.25, 0.3) is 0 Å². The lowest BCUT2D eigenvalue weighted by atomic mass is 10.1. The molecule has 2 aliphatic rings. The van der Waals surface area contributed by atoms with E-state index in [4.69, 9.17) is 15.2 Å². The number of hydrogen-bond donors (Lipinski definition) is 3. The van der Waals surface area contributed by atoms with Crippen LogP contribution in [0.3, 0.4) is 0 Å². The van der Waals surface area contributed by atoms with E-state index < -0.39 is 42.1 Å². The number of imidazole rings is 1. The van der Waals surface area contributed by atoms with Crippen molar-refractivity contribution in [2.75, 3.05) is 18.6 Å². The first-order chi connectivity index (χ1) is 12.6. The number of nitrogens with zero attached hydrogens (tertiary/aromatic N) is 4. The molecule has 1 saturated heterocycles. The Balaban J connectivity index is 2.12. The van der Waals surface area contributed by atoms with E-state index in [2.05, 4.69) is 9.98 Å². The number of alkyl halides is 1. The van der Waals surface area contributed by atoms with Gasteiger partial charge in [0.25, 0.3) is 0 Å². The molecule has 12 heteroatoms. The number of methoxy groups -OCH3 is 1. The SMILES string of the molecule is COC[C@H]1O[C@@H](n2cnc3c2N(C(C)=O)C(F)(C(C)=O)N=C3N)C(O)C1O. The van der Waals surface area contributed by atoms with Gasteiger partial charge in [-0.1, -0.05) is 0 Å². The standard InChI is InChI=1S/C15H20FN5O6/c1-6(22)15(16)19-12(17)9-13(21(15)7(2)23)20(5-18-9)14-11(25)10(24)8(27-14)4-26-3/h5,8,10-11,14,24-25H,4H2,1-3H3,(H2,17,19)/t8-,10?,11?,14-,15?/m1/s1. The largest absolute Gasteiger partial charge is 0.387 e. The third kappa shape index (κ3) is 2.81. The molecular formula is C15H20FN5O6. The van der Waals surface area contributed by atoms with Gasteiger partial charge in [-0.15, -0.1) is 0 Å². The molecule has 1 amide bonds. The zero-order valence-electron chi connectivity index (χ0n) is 14.9. The minimum absolute atomic E-state index is 0.00781. The van der Waals surface area contributed by atoms with Crippen LogP contribution in [0.5, 0.6) is 0 Å². The number of amidine groups is 1. The Morgan fingerprint density at radius 2 is 2.07 bits per heavy atom. The third-order valence-corrected chi connectivity index (χ3v) is 4.49. The van der Waals surface area contributed by atoms with E-state index >= 15 is 4.39 Å². The fourth-order valence-corrected chi connectivity index (χ4v) is 3.20. The molecule has 11 nitrogen and oxygen atoms in total. The Hall–Kier alpha value is -2.41. The first-order valence-electron chi connectivity index (χ1n) is 8.07. The molecule has 0 aromatic carbocycles. The van der Waals surface area contributed by atoms with Gasteiger partial charge in [-0.3, -0.25) is 14.2 Å². The summed E-state index contributed by atoms with van der Waals surface area (Å²) in [5.41, 5.74) is 5.69. The molecule has 148 valence electrons. The van der Waals surface area contributed by atoms with E-state index in [-0.39, 0.29) is 24.0 Å². The van der Waals surface area contributed by atoms with Gasteiger partial charge in [-0.25, -0.2) is 14.9 Å². The molecule has 1 fully saturated rings. The zero-order valence-corrected chi connectivity index (χ0v) is 14.9. The lowest BCUT2D eigenvalue weighted by Gasteiger charge is -2.36. The van der Waals surface area contributed by atoms with Crippen LogP contribution < -0.4 is 10.6 Å². The molecule has 4 N–H and O–H groups in total. The van der Waals surface area contributed by atoms with Crippen molar-refractivity contribution in [3.05, 3.63) is 12.0 Å². The zero-order chi connectivity index (χ0) is 20.1. The number of nitrogens with two attached hydrogens (primary N) is 1. The van der Waals surface area contributed by atoms with Gasteiger partial charge < -0.3 is 25.4 Å². The number of aliphatic imine (C=N–C) groups is 1. The van der Waals surface area contributed by atoms with Crippen molar-refractivity contribution in [2.45, 2.75) is 44.3 Å². The Labute approximate surface area is 153 Å². The summed E-state index contributed by atoms with van der Waals surface area (Å²) in [7, 11) is 1.40. The molecule has 0 saturated carbocycles. The van der Waals surface area contributed by atoms with Crippen LogP contribution in [0.1, 0.15) is 25.8 Å². The number of ketones is 1. The topological polar surface area (TPSA) is 152 Å². The number of Topliss-reactive ketones (excluding diaryl/α,β-unsaturated/α-hetero) is 1. The number of halogens is 1. The number of aromatic nitrogens is 2. The number of rotatable bonds is 4. The molecule has 0 radical (unpaired) electrons. The van der Waals surface area contributed by atoms with Crippen LogP contribution >= 0.6 is 0 Å². The highest BCUT2D eigenvalue weighted by Crippen LogP contribution is 2.40. The van der Waals surface area contributed by atoms with E-state index in [1.807, 2.05) is 0 Å². The first kappa shape index (κ1) is 19.4. The van der Waals surface area contributed by atoms with E-state index in [0.29, 0.717) is 4.90 Å². The molecule has 0 spiro atoms. The van der Waals surface area contributed by atoms with Gasteiger partial charge in [0.1, 0.15) is 24.0 Å². The maximum absolute atomic E-state index is 15.3. The average Bonchev–Trinajstić information content (AvgIpc) is 3.12. The Kier molecular flexibility index (Phi) is 4.76.